The number of anilines is 1. The summed E-state index contributed by atoms with van der Waals surface area (Å²) >= 11 is 0. The molecule has 0 amide bonds. The highest BCUT2D eigenvalue weighted by molar-refractivity contribution is 6.06. The number of hydrogen-bond acceptors (Lipinski definition) is 7. The number of rotatable bonds is 7. The van der Waals surface area contributed by atoms with E-state index in [1.54, 1.807) is 0 Å². The molecule has 0 bridgehead atoms. The Bertz CT molecular complexity index is 1890. The average Bonchev–Trinajstić information content (AvgIpc) is 3.59. The second kappa shape index (κ2) is 11.1. The molecule has 5 heterocycles. The molecule has 0 radical (unpaired) electrons. The fourth-order valence-corrected chi connectivity index (χ4v) is 5.97. The second-order valence-electron chi connectivity index (χ2n) is 12.3. The molecule has 0 spiro atoms. The summed E-state index contributed by atoms with van der Waals surface area (Å²) in [5.74, 6) is 2.60. The second-order valence-corrected chi connectivity index (χ2v) is 12.3. The molecule has 6 aromatic rings. The third-order valence-corrected chi connectivity index (χ3v) is 8.44. The van der Waals surface area contributed by atoms with E-state index in [4.69, 9.17) is 14.7 Å². The van der Waals surface area contributed by atoms with Gasteiger partial charge in [-0.2, -0.15) is 0 Å². The van der Waals surface area contributed by atoms with Crippen LogP contribution in [0, 0.1) is 0 Å². The van der Waals surface area contributed by atoms with Crippen LogP contribution in [0.3, 0.4) is 0 Å². The van der Waals surface area contributed by atoms with Gasteiger partial charge in [-0.05, 0) is 52.9 Å². The van der Waals surface area contributed by atoms with Crippen LogP contribution >= 0.6 is 0 Å². The van der Waals surface area contributed by atoms with Gasteiger partial charge >= 0.3 is 0 Å². The molecule has 2 aromatic carbocycles. The third-order valence-electron chi connectivity index (χ3n) is 8.44. The lowest BCUT2D eigenvalue weighted by Crippen LogP contribution is -2.39. The normalized spacial score (nSPS) is 14.7. The van der Waals surface area contributed by atoms with Crippen molar-refractivity contribution in [1.82, 2.24) is 34.0 Å². The summed E-state index contributed by atoms with van der Waals surface area (Å²) in [4.78, 5) is 12.0. The van der Waals surface area contributed by atoms with Gasteiger partial charge < -0.3 is 10.1 Å². The first-order chi connectivity index (χ1) is 20.9. The topological polar surface area (TPSA) is 85.4 Å². The van der Waals surface area contributed by atoms with E-state index in [-0.39, 0.29) is 5.41 Å². The maximum absolute atomic E-state index is 5.45. The van der Waals surface area contributed by atoms with Gasteiger partial charge in [0.25, 0.3) is 0 Å². The van der Waals surface area contributed by atoms with E-state index in [9.17, 15) is 0 Å². The van der Waals surface area contributed by atoms with E-state index in [1.807, 2.05) is 12.4 Å². The lowest BCUT2D eigenvalue weighted by Gasteiger charge is -2.26. The Morgan fingerprint density at radius 1 is 0.884 bits per heavy atom. The molecule has 4 aromatic heterocycles. The van der Waals surface area contributed by atoms with Crippen LogP contribution in [-0.4, -0.2) is 73.4 Å². The van der Waals surface area contributed by atoms with Crippen molar-refractivity contribution in [3.8, 4) is 16.8 Å². The molecule has 0 atom stereocenters. The van der Waals surface area contributed by atoms with Gasteiger partial charge in [-0.15, -0.1) is 10.2 Å². The van der Waals surface area contributed by atoms with Gasteiger partial charge in [0.15, 0.2) is 0 Å². The van der Waals surface area contributed by atoms with Crippen LogP contribution in [0.5, 0.6) is 0 Å². The van der Waals surface area contributed by atoms with Crippen LogP contribution in [0.1, 0.15) is 39.1 Å². The van der Waals surface area contributed by atoms with E-state index in [0.717, 1.165) is 102 Å². The molecule has 0 aliphatic carbocycles. The van der Waals surface area contributed by atoms with Gasteiger partial charge in [0.1, 0.15) is 11.6 Å². The van der Waals surface area contributed by atoms with Crippen LogP contribution in [-0.2, 0) is 16.6 Å². The molecule has 7 rings (SSSR count). The maximum Gasteiger partial charge on any atom is 0.241 e. The number of nitrogens with one attached hydrogen (secondary N) is 1. The minimum absolute atomic E-state index is 0.0736. The number of hydrogen-bond donors (Lipinski definition) is 1. The van der Waals surface area contributed by atoms with Crippen molar-refractivity contribution in [2.45, 2.75) is 39.5 Å². The first-order valence-electron chi connectivity index (χ1n) is 15.2. The fourth-order valence-electron chi connectivity index (χ4n) is 5.97. The summed E-state index contributed by atoms with van der Waals surface area (Å²) in [5.41, 5.74) is 7.58. The largest absolute Gasteiger partial charge is 0.379 e. The Balaban J connectivity index is 1.28. The minimum atomic E-state index is 0.0736. The predicted molar refractivity (Wildman–Crippen MR) is 172 cm³/mol. The number of benzene rings is 2. The third kappa shape index (κ3) is 5.13. The zero-order valence-electron chi connectivity index (χ0n) is 25.3. The molecule has 9 heteroatoms. The van der Waals surface area contributed by atoms with Crippen molar-refractivity contribution < 1.29 is 4.74 Å². The van der Waals surface area contributed by atoms with E-state index in [1.165, 1.54) is 5.56 Å². The Labute approximate surface area is 251 Å². The van der Waals surface area contributed by atoms with Gasteiger partial charge in [-0.3, -0.25) is 18.9 Å². The van der Waals surface area contributed by atoms with Crippen LogP contribution < -0.4 is 5.32 Å². The van der Waals surface area contributed by atoms with Crippen LogP contribution in [0.25, 0.3) is 44.5 Å². The highest BCUT2D eigenvalue weighted by Gasteiger charge is 2.21. The molecule has 1 aliphatic heterocycles. The first kappa shape index (κ1) is 27.5. The molecule has 1 N–H and O–H groups in total. The molecule has 0 unspecified atom stereocenters. The van der Waals surface area contributed by atoms with E-state index < -0.39 is 0 Å². The maximum atomic E-state index is 5.45. The average molecular weight is 575 g/mol. The Hall–Kier alpha value is -4.34. The van der Waals surface area contributed by atoms with Crippen LogP contribution in [0.4, 0.5) is 5.82 Å². The van der Waals surface area contributed by atoms with E-state index in [2.05, 4.69) is 112 Å². The Morgan fingerprint density at radius 3 is 2.40 bits per heavy atom. The highest BCUT2D eigenvalue weighted by Crippen LogP contribution is 2.34. The van der Waals surface area contributed by atoms with Crippen molar-refractivity contribution in [3.63, 3.8) is 0 Å². The molecule has 0 saturated carbocycles. The molecule has 1 saturated heterocycles. The first-order valence-corrected chi connectivity index (χ1v) is 15.2. The fraction of sp³-hybridized carbons (Fsp3) is 0.353. The molecule has 43 heavy (non-hydrogen) atoms. The Morgan fingerprint density at radius 2 is 1.67 bits per heavy atom. The number of pyridine rings is 2. The van der Waals surface area contributed by atoms with Gasteiger partial charge in [-0.1, -0.05) is 45.9 Å². The van der Waals surface area contributed by atoms with Crippen molar-refractivity contribution in [2.24, 2.45) is 0 Å². The van der Waals surface area contributed by atoms with Gasteiger partial charge in [0, 0.05) is 55.4 Å². The smallest absolute Gasteiger partial charge is 0.241 e. The van der Waals surface area contributed by atoms with E-state index >= 15 is 0 Å². The quantitative estimate of drug-likeness (QED) is 0.255. The summed E-state index contributed by atoms with van der Waals surface area (Å²) in [6.07, 6.45) is 4.67. The van der Waals surface area contributed by atoms with Crippen molar-refractivity contribution in [2.75, 3.05) is 44.7 Å². The number of nitrogens with zero attached hydrogens (tertiary/aromatic N) is 7. The molecule has 9 nitrogen and oxygen atoms in total. The van der Waals surface area contributed by atoms with Crippen molar-refractivity contribution in [1.29, 1.82) is 0 Å². The Kier molecular flexibility index (Phi) is 7.07. The number of aromatic nitrogens is 6. The number of morpholine rings is 1. The van der Waals surface area contributed by atoms with Crippen LogP contribution in [0.15, 0.2) is 67.0 Å². The van der Waals surface area contributed by atoms with Gasteiger partial charge in [-0.25, -0.2) is 4.98 Å². The van der Waals surface area contributed by atoms with Crippen LogP contribution in [0.2, 0.25) is 0 Å². The van der Waals surface area contributed by atoms with Gasteiger partial charge in [0.2, 0.25) is 5.78 Å². The monoisotopic (exact) mass is 574 g/mol. The number of fused-ring (bicyclic) bond motifs is 5. The number of ether oxygens (including phenoxy) is 1. The standard InChI is InChI=1S/C34H38N8O/c1-5-31-38-39-33-41(26-10-8-25(9-11-26)34(2,3)4)32-27-20-23(6-12-28(27)36-22-29(32)42(31)33)24-7-13-30(37-21-24)35-14-15-40-16-18-43-19-17-40/h6-13,20-22H,5,14-19H2,1-4H3,(H,35,37). The summed E-state index contributed by atoms with van der Waals surface area (Å²) in [6.45, 7) is 14.3. The van der Waals surface area contributed by atoms with E-state index in [0.29, 0.717) is 0 Å². The summed E-state index contributed by atoms with van der Waals surface area (Å²) in [7, 11) is 0. The lowest BCUT2D eigenvalue weighted by atomic mass is 9.87. The summed E-state index contributed by atoms with van der Waals surface area (Å²) in [5, 5.41) is 13.7. The summed E-state index contributed by atoms with van der Waals surface area (Å²) < 4.78 is 9.82. The predicted octanol–water partition coefficient (Wildman–Crippen LogP) is 5.89. The minimum Gasteiger partial charge on any atom is -0.379 e. The molecule has 220 valence electrons. The molecule has 1 fully saturated rings. The van der Waals surface area contributed by atoms with Gasteiger partial charge in [0.05, 0.1) is 36.0 Å². The zero-order valence-corrected chi connectivity index (χ0v) is 25.3. The number of aryl methyl sites for hydroxylation is 1. The molecule has 1 aliphatic rings. The number of imidazole rings is 1. The summed E-state index contributed by atoms with van der Waals surface area (Å²) in [6, 6.07) is 19.4. The SMILES string of the molecule is CCc1nnc2n(-c3ccc(C(C)(C)C)cc3)c3c4cc(-c5ccc(NCCN6CCOCC6)nc5)ccc4ncc3n12. The van der Waals surface area contributed by atoms with Crippen molar-refractivity contribution >= 4 is 33.5 Å². The lowest BCUT2D eigenvalue weighted by molar-refractivity contribution is 0.0398. The highest BCUT2D eigenvalue weighted by atomic mass is 16.5. The molecular formula is C34H38N8O. The van der Waals surface area contributed by atoms with Crippen molar-refractivity contribution in [3.05, 3.63) is 78.4 Å². The molecular weight excluding hydrogens is 536 g/mol. The zero-order chi connectivity index (χ0) is 29.6.